The number of amides is 5. The molecule has 1 aromatic rings. The Morgan fingerprint density at radius 2 is 1.63 bits per heavy atom. The van der Waals surface area contributed by atoms with Gasteiger partial charge in [-0.25, -0.2) is 4.98 Å². The number of likely N-dealkylation sites (tertiary alicyclic amines) is 1. The maximum Gasteiger partial charge on any atom is 0.289 e. The van der Waals surface area contributed by atoms with E-state index in [0.29, 0.717) is 19.4 Å². The molecule has 49 heavy (non-hydrogen) atoms. The van der Waals surface area contributed by atoms with Gasteiger partial charge in [-0.15, -0.1) is 0 Å². The number of carbonyl (C=O) groups is 6. The van der Waals surface area contributed by atoms with E-state index in [-0.39, 0.29) is 35.4 Å². The van der Waals surface area contributed by atoms with Gasteiger partial charge >= 0.3 is 0 Å². The summed E-state index contributed by atoms with van der Waals surface area (Å²) in [5.74, 6) is -3.20. The van der Waals surface area contributed by atoms with E-state index < -0.39 is 59.0 Å². The van der Waals surface area contributed by atoms with Gasteiger partial charge in [0.15, 0.2) is 0 Å². The van der Waals surface area contributed by atoms with Crippen molar-refractivity contribution < 1.29 is 28.8 Å². The first-order valence-electron chi connectivity index (χ1n) is 18.2. The third kappa shape index (κ3) is 8.83. The van der Waals surface area contributed by atoms with Gasteiger partial charge in [0.05, 0.1) is 12.2 Å². The fourth-order valence-corrected chi connectivity index (χ4v) is 7.87. The highest BCUT2D eigenvalue weighted by molar-refractivity contribution is 6.38. The molecular formula is C36H53N7O6. The van der Waals surface area contributed by atoms with Gasteiger partial charge < -0.3 is 26.2 Å². The van der Waals surface area contributed by atoms with Crippen LogP contribution in [0.4, 0.5) is 0 Å². The van der Waals surface area contributed by atoms with E-state index in [1.54, 1.807) is 4.90 Å². The molecular weight excluding hydrogens is 626 g/mol. The summed E-state index contributed by atoms with van der Waals surface area (Å²) in [6.07, 6.45) is 13.9. The van der Waals surface area contributed by atoms with E-state index >= 15 is 0 Å². The minimum Gasteiger partial charge on any atom is -0.347 e. The van der Waals surface area contributed by atoms with Gasteiger partial charge in [0.25, 0.3) is 11.8 Å². The molecule has 3 aliphatic carbocycles. The Bertz CT molecular complexity index is 1390. The fraction of sp³-hybridized carbons (Fsp3) is 0.722. The molecule has 5 amide bonds. The van der Waals surface area contributed by atoms with E-state index in [1.807, 2.05) is 27.7 Å². The van der Waals surface area contributed by atoms with Crippen LogP contribution in [-0.2, 0) is 24.0 Å². The lowest BCUT2D eigenvalue weighted by molar-refractivity contribution is -0.146. The number of hydrogen-bond donors (Lipinski definition) is 4. The maximum absolute atomic E-state index is 14.6. The monoisotopic (exact) mass is 679 g/mol. The van der Waals surface area contributed by atoms with Crippen molar-refractivity contribution in [2.45, 2.75) is 135 Å². The Balaban J connectivity index is 1.36. The summed E-state index contributed by atoms with van der Waals surface area (Å²) >= 11 is 0. The highest BCUT2D eigenvalue weighted by Gasteiger charge is 2.52. The molecule has 0 aromatic carbocycles. The Morgan fingerprint density at radius 1 is 0.898 bits per heavy atom. The Kier molecular flexibility index (Phi) is 11.7. The van der Waals surface area contributed by atoms with E-state index in [4.69, 9.17) is 0 Å². The molecule has 1 unspecified atom stereocenters. The molecule has 5 rings (SSSR count). The van der Waals surface area contributed by atoms with Crippen LogP contribution in [0.5, 0.6) is 0 Å². The van der Waals surface area contributed by atoms with Crippen molar-refractivity contribution in [3.8, 4) is 0 Å². The number of nitrogens with one attached hydrogen (secondary N) is 4. The number of ketones is 1. The predicted octanol–water partition coefficient (Wildman–Crippen LogP) is 2.45. The molecule has 2 heterocycles. The number of fused-ring (bicyclic) bond motifs is 1. The highest BCUT2D eigenvalue weighted by Crippen LogP contribution is 2.43. The zero-order valence-corrected chi connectivity index (χ0v) is 29.3. The first-order valence-corrected chi connectivity index (χ1v) is 18.2. The molecule has 1 aliphatic heterocycles. The predicted molar refractivity (Wildman–Crippen MR) is 181 cm³/mol. The van der Waals surface area contributed by atoms with Crippen LogP contribution in [0.2, 0.25) is 0 Å². The molecule has 4 N–H and O–H groups in total. The van der Waals surface area contributed by atoms with Gasteiger partial charge in [-0.3, -0.25) is 33.8 Å². The number of aromatic nitrogens is 2. The number of Topliss-reactive ketones (excluding diaryl/α,β-unsaturated/α-hetero) is 1. The van der Waals surface area contributed by atoms with Crippen molar-refractivity contribution in [2.75, 3.05) is 6.54 Å². The third-order valence-electron chi connectivity index (χ3n) is 10.7. The van der Waals surface area contributed by atoms with Gasteiger partial charge in [0, 0.05) is 25.0 Å². The van der Waals surface area contributed by atoms with Gasteiger partial charge in [-0.2, -0.15) is 0 Å². The Morgan fingerprint density at radius 3 is 2.27 bits per heavy atom. The van der Waals surface area contributed by atoms with E-state index in [0.717, 1.165) is 64.2 Å². The maximum atomic E-state index is 14.6. The van der Waals surface area contributed by atoms with Crippen LogP contribution < -0.4 is 21.3 Å². The molecule has 6 atom stereocenters. The second-order valence-electron chi connectivity index (χ2n) is 15.5. The average Bonchev–Trinajstić information content (AvgIpc) is 3.65. The summed E-state index contributed by atoms with van der Waals surface area (Å²) in [5.41, 5.74) is -0.638. The topological polar surface area (TPSA) is 180 Å². The lowest BCUT2D eigenvalue weighted by atomic mass is 9.82. The van der Waals surface area contributed by atoms with Crippen LogP contribution in [0.15, 0.2) is 18.6 Å². The first kappa shape index (κ1) is 36.4. The molecule has 4 fully saturated rings. The molecule has 0 spiro atoms. The summed E-state index contributed by atoms with van der Waals surface area (Å²) in [7, 11) is 0. The normalized spacial score (nSPS) is 24.2. The lowest BCUT2D eigenvalue weighted by Gasteiger charge is -2.38. The first-order chi connectivity index (χ1) is 23.4. The standard InChI is InChI=1S/C36H53N7O6/c1-5-10-25(29(44)34(48)39-23-15-16-23)40-33(47)28-24-14-9-13-22(24)20-43(28)35(49)30(36(2,3)4)42-32(46)27(21-11-7-6-8-12-21)41-31(45)26-19-37-17-18-38-26/h17-19,21-25,27-28,30H,5-16,20H2,1-4H3,(H,39,48)(H,40,47)(H,41,45)(H,42,46)/t22-,24-,25-,27+,28?,30-/m0/s1. The highest BCUT2D eigenvalue weighted by atomic mass is 16.2. The molecule has 1 aromatic heterocycles. The zero-order chi connectivity index (χ0) is 35.3. The molecule has 0 bridgehead atoms. The van der Waals surface area contributed by atoms with Gasteiger partial charge in [0.1, 0.15) is 23.8 Å². The smallest absolute Gasteiger partial charge is 0.289 e. The quantitative estimate of drug-likeness (QED) is 0.230. The SMILES string of the molecule is CCC[C@H](NC(=O)C1[C@H]2CCC[C@H]2CN1C(=O)[C@H](NC(=O)[C@H](NC(=O)c1cnccn1)C1CCCCC1)C(C)(C)C)C(=O)C(=O)NC1CC1. The number of nitrogens with zero attached hydrogens (tertiary/aromatic N) is 3. The van der Waals surface area contributed by atoms with Gasteiger partial charge in [-0.1, -0.05) is 59.8 Å². The van der Waals surface area contributed by atoms with Crippen molar-refractivity contribution >= 4 is 35.3 Å². The van der Waals surface area contributed by atoms with Crippen LogP contribution in [0.3, 0.4) is 0 Å². The van der Waals surface area contributed by atoms with Gasteiger partial charge in [0.2, 0.25) is 23.5 Å². The molecule has 268 valence electrons. The fourth-order valence-electron chi connectivity index (χ4n) is 7.87. The van der Waals surface area contributed by atoms with Crippen LogP contribution in [0.25, 0.3) is 0 Å². The van der Waals surface area contributed by atoms with Crippen molar-refractivity contribution in [1.82, 2.24) is 36.1 Å². The van der Waals surface area contributed by atoms with Crippen molar-refractivity contribution in [1.29, 1.82) is 0 Å². The summed E-state index contributed by atoms with van der Waals surface area (Å²) in [6.45, 7) is 7.85. The second kappa shape index (κ2) is 15.8. The molecule has 4 aliphatic rings. The van der Waals surface area contributed by atoms with Crippen molar-refractivity contribution in [3.63, 3.8) is 0 Å². The summed E-state index contributed by atoms with van der Waals surface area (Å²) in [5, 5.41) is 11.5. The Hall–Kier alpha value is -3.90. The zero-order valence-electron chi connectivity index (χ0n) is 29.3. The molecule has 13 heteroatoms. The minimum absolute atomic E-state index is 0.0132. The van der Waals surface area contributed by atoms with Gasteiger partial charge in [-0.05, 0) is 68.1 Å². The largest absolute Gasteiger partial charge is 0.347 e. The molecule has 3 saturated carbocycles. The van der Waals surface area contributed by atoms with E-state index in [2.05, 4.69) is 31.2 Å². The van der Waals surface area contributed by atoms with Crippen LogP contribution >= 0.6 is 0 Å². The lowest BCUT2D eigenvalue weighted by Crippen LogP contribution is -2.62. The third-order valence-corrected chi connectivity index (χ3v) is 10.7. The molecule has 1 saturated heterocycles. The number of carbonyl (C=O) groups excluding carboxylic acids is 6. The number of hydrogen-bond acceptors (Lipinski definition) is 8. The van der Waals surface area contributed by atoms with E-state index in [9.17, 15) is 28.8 Å². The van der Waals surface area contributed by atoms with Crippen LogP contribution in [0, 0.1) is 23.2 Å². The number of rotatable bonds is 13. The molecule has 13 nitrogen and oxygen atoms in total. The van der Waals surface area contributed by atoms with Crippen molar-refractivity contribution in [3.05, 3.63) is 24.3 Å². The minimum atomic E-state index is -0.994. The summed E-state index contributed by atoms with van der Waals surface area (Å²) in [6, 6.07) is -3.68. The van der Waals surface area contributed by atoms with Crippen LogP contribution in [-0.4, -0.2) is 86.9 Å². The van der Waals surface area contributed by atoms with Crippen molar-refractivity contribution in [2.24, 2.45) is 23.2 Å². The summed E-state index contributed by atoms with van der Waals surface area (Å²) < 4.78 is 0. The summed E-state index contributed by atoms with van der Waals surface area (Å²) in [4.78, 5) is 91.4. The van der Waals surface area contributed by atoms with Crippen LogP contribution in [0.1, 0.15) is 115 Å². The Labute approximate surface area is 288 Å². The van der Waals surface area contributed by atoms with E-state index in [1.165, 1.54) is 18.6 Å². The molecule has 0 radical (unpaired) electrons. The second-order valence-corrected chi connectivity index (χ2v) is 15.5. The average molecular weight is 680 g/mol.